The topological polar surface area (TPSA) is 127 Å². The molecular weight excluding hydrogens is 467 g/mol. The molecule has 31 heavy (non-hydrogen) atoms. The van der Waals surface area contributed by atoms with Crippen molar-refractivity contribution in [2.75, 3.05) is 5.01 Å². The second-order valence-electron chi connectivity index (χ2n) is 7.14. The lowest BCUT2D eigenvalue weighted by Crippen LogP contribution is -2.55. The summed E-state index contributed by atoms with van der Waals surface area (Å²) in [5, 5.41) is 44.8. The van der Waals surface area contributed by atoms with E-state index in [1.165, 1.54) is 12.1 Å². The van der Waals surface area contributed by atoms with Crippen LogP contribution in [0.1, 0.15) is 37.2 Å². The monoisotopic (exact) mass is 482 g/mol. The highest BCUT2D eigenvalue weighted by atomic mass is 35.5. The molecule has 1 aromatic heterocycles. The maximum absolute atomic E-state index is 10.1. The molecule has 1 fully saturated rings. The highest BCUT2D eigenvalue weighted by Crippen LogP contribution is 2.42. The lowest BCUT2D eigenvalue weighted by molar-refractivity contribution is 0.0631. The number of rotatable bonds is 4. The van der Waals surface area contributed by atoms with Crippen LogP contribution in [0.25, 0.3) is 0 Å². The van der Waals surface area contributed by atoms with Crippen LogP contribution in [0.15, 0.2) is 23.3 Å². The summed E-state index contributed by atoms with van der Waals surface area (Å²) in [6.45, 7) is 0. The normalized spacial score (nSPS) is 21.7. The predicted octanol–water partition coefficient (Wildman–Crippen LogP) is 3.77. The molecule has 2 heterocycles. The van der Waals surface area contributed by atoms with Gasteiger partial charge in [-0.3, -0.25) is 0 Å². The van der Waals surface area contributed by atoms with Crippen molar-refractivity contribution in [2.24, 2.45) is 5.10 Å². The fourth-order valence-corrected chi connectivity index (χ4v) is 4.42. The number of hydrogen-bond acceptors (Lipinski definition) is 9. The van der Waals surface area contributed by atoms with Crippen molar-refractivity contribution in [1.82, 2.24) is 15.5 Å². The average molecular weight is 484 g/mol. The Morgan fingerprint density at radius 2 is 1.77 bits per heavy atom. The molecule has 0 radical (unpaired) electrons. The smallest absolute Gasteiger partial charge is 0.239 e. The average Bonchev–Trinajstić information content (AvgIpc) is 3.26. The van der Waals surface area contributed by atoms with E-state index >= 15 is 0 Å². The molecule has 1 aliphatic heterocycles. The van der Waals surface area contributed by atoms with Gasteiger partial charge in [0.25, 0.3) is 0 Å². The molecule has 1 aromatic carbocycles. The number of aliphatic hydroxyl groups is 2. The highest BCUT2D eigenvalue weighted by Gasteiger charge is 2.29. The maximum Gasteiger partial charge on any atom is 0.239 e. The van der Waals surface area contributed by atoms with Gasteiger partial charge in [0.05, 0.1) is 15.7 Å². The van der Waals surface area contributed by atoms with Gasteiger partial charge < -0.3 is 14.9 Å². The van der Waals surface area contributed by atoms with Gasteiger partial charge >= 0.3 is 0 Å². The third kappa shape index (κ3) is 4.55. The Bertz CT molecular complexity index is 1050. The molecule has 1 saturated carbocycles. The van der Waals surface area contributed by atoms with Crippen molar-refractivity contribution < 1.29 is 14.9 Å². The van der Waals surface area contributed by atoms with Gasteiger partial charge in [0.1, 0.15) is 6.07 Å². The summed E-state index contributed by atoms with van der Waals surface area (Å²) in [6, 6.07) is 6.39. The van der Waals surface area contributed by atoms with Gasteiger partial charge in [-0.25, -0.2) is 10.3 Å². The minimum absolute atomic E-state index is 0.119. The molecule has 0 amide bonds. The number of nitrogens with one attached hydrogen (secondary N) is 1. The molecule has 1 aliphatic carbocycles. The van der Waals surface area contributed by atoms with Crippen LogP contribution in [-0.2, 0) is 0 Å². The van der Waals surface area contributed by atoms with E-state index in [1.807, 2.05) is 0 Å². The van der Waals surface area contributed by atoms with Crippen molar-refractivity contribution in [3.63, 3.8) is 0 Å². The second-order valence-corrected chi connectivity index (χ2v) is 8.31. The summed E-state index contributed by atoms with van der Waals surface area (Å²) < 4.78 is 5.80. The van der Waals surface area contributed by atoms with Gasteiger partial charge in [-0.05, 0) is 36.5 Å². The quantitative estimate of drug-likeness (QED) is 0.600. The van der Waals surface area contributed by atoms with E-state index in [-0.39, 0.29) is 33.1 Å². The van der Waals surface area contributed by atoms with Crippen molar-refractivity contribution in [3.05, 3.63) is 39.0 Å². The molecule has 162 valence electrons. The van der Waals surface area contributed by atoms with Gasteiger partial charge in [0.2, 0.25) is 12.2 Å². The summed E-state index contributed by atoms with van der Waals surface area (Å²) in [4.78, 5) is 0. The lowest BCUT2D eigenvalue weighted by Gasteiger charge is -2.32. The SMILES string of the molecule is N#CC1=NN(c2cc(Cl)c(Oc3cc(C4CCCC4)c(Cl)nn3)c(Cl)c2)C(O)NC1O. The Labute approximate surface area is 192 Å². The standard InChI is InChI=1S/C19H17Cl3N6O3/c20-12-5-10(28-19(30)24-18(29)14(8-23)27-28)6-13(21)16(12)31-15-7-11(17(22)26-25-15)9-3-1-2-4-9/h5-7,9,18-19,24,29-30H,1-4H2. The van der Waals surface area contributed by atoms with Crippen LogP contribution < -0.4 is 15.1 Å². The molecule has 0 spiro atoms. The fraction of sp³-hybridized carbons (Fsp3) is 0.368. The first-order valence-electron chi connectivity index (χ1n) is 9.47. The molecule has 0 bridgehead atoms. The van der Waals surface area contributed by atoms with Gasteiger partial charge in [0, 0.05) is 6.07 Å². The van der Waals surface area contributed by atoms with Crippen LogP contribution >= 0.6 is 34.8 Å². The number of ether oxygens (including phenoxy) is 1. The van der Waals surface area contributed by atoms with Crippen LogP contribution in [0, 0.1) is 11.3 Å². The molecular formula is C19H17Cl3N6O3. The minimum atomic E-state index is -1.40. The number of benzene rings is 1. The summed E-state index contributed by atoms with van der Waals surface area (Å²) in [6.07, 6.45) is 1.57. The number of nitriles is 1. The number of nitrogens with zero attached hydrogens (tertiary/aromatic N) is 5. The van der Waals surface area contributed by atoms with Crippen LogP contribution in [0.2, 0.25) is 15.2 Å². The summed E-state index contributed by atoms with van der Waals surface area (Å²) in [5.41, 5.74) is 0.928. The molecule has 2 atom stereocenters. The third-order valence-electron chi connectivity index (χ3n) is 5.13. The Morgan fingerprint density at radius 1 is 1.10 bits per heavy atom. The molecule has 0 saturated heterocycles. The Morgan fingerprint density at radius 3 is 2.42 bits per heavy atom. The van der Waals surface area contributed by atoms with Crippen LogP contribution in [0.4, 0.5) is 5.69 Å². The van der Waals surface area contributed by atoms with E-state index in [4.69, 9.17) is 44.8 Å². The molecule has 2 unspecified atom stereocenters. The van der Waals surface area contributed by atoms with Crippen molar-refractivity contribution in [1.29, 1.82) is 5.26 Å². The summed E-state index contributed by atoms with van der Waals surface area (Å²) >= 11 is 19.0. The molecule has 4 rings (SSSR count). The van der Waals surface area contributed by atoms with Crippen LogP contribution in [0.5, 0.6) is 11.6 Å². The molecule has 2 aliphatic rings. The zero-order chi connectivity index (χ0) is 22.1. The summed E-state index contributed by atoms with van der Waals surface area (Å²) in [7, 11) is 0. The van der Waals surface area contributed by atoms with Crippen LogP contribution in [-0.4, -0.2) is 38.7 Å². The minimum Gasteiger partial charge on any atom is -0.434 e. The number of aromatic nitrogens is 2. The van der Waals surface area contributed by atoms with Gasteiger partial charge in [0.15, 0.2) is 22.8 Å². The van der Waals surface area contributed by atoms with E-state index in [1.54, 1.807) is 12.1 Å². The molecule has 9 nitrogen and oxygen atoms in total. The van der Waals surface area contributed by atoms with E-state index in [2.05, 4.69) is 20.6 Å². The Balaban J connectivity index is 1.62. The van der Waals surface area contributed by atoms with Crippen molar-refractivity contribution in [2.45, 2.75) is 44.2 Å². The Hall–Kier alpha value is -2.19. The largest absolute Gasteiger partial charge is 0.434 e. The third-order valence-corrected chi connectivity index (χ3v) is 5.99. The molecule has 12 heteroatoms. The fourth-order valence-electron chi connectivity index (χ4n) is 3.62. The number of anilines is 1. The van der Waals surface area contributed by atoms with E-state index < -0.39 is 12.6 Å². The van der Waals surface area contributed by atoms with Gasteiger partial charge in [-0.1, -0.05) is 47.6 Å². The van der Waals surface area contributed by atoms with Gasteiger partial charge in [-0.15, -0.1) is 10.2 Å². The number of hydrazone groups is 1. The molecule has 3 N–H and O–H groups in total. The summed E-state index contributed by atoms with van der Waals surface area (Å²) in [5.74, 6) is 0.662. The zero-order valence-electron chi connectivity index (χ0n) is 16.0. The first-order valence-corrected chi connectivity index (χ1v) is 10.6. The number of hydrogen-bond donors (Lipinski definition) is 3. The lowest BCUT2D eigenvalue weighted by atomic mass is 10.0. The van der Waals surface area contributed by atoms with E-state index in [9.17, 15) is 10.2 Å². The molecule has 2 aromatic rings. The van der Waals surface area contributed by atoms with Crippen LogP contribution in [0.3, 0.4) is 0 Å². The van der Waals surface area contributed by atoms with Crippen molar-refractivity contribution in [3.8, 4) is 17.7 Å². The first kappa shape index (κ1) is 22.0. The Kier molecular flexibility index (Phi) is 6.48. The van der Waals surface area contributed by atoms with E-state index in [0.29, 0.717) is 11.1 Å². The zero-order valence-corrected chi connectivity index (χ0v) is 18.2. The maximum atomic E-state index is 10.1. The van der Waals surface area contributed by atoms with E-state index in [0.717, 1.165) is 36.3 Å². The van der Waals surface area contributed by atoms with Gasteiger partial charge in [-0.2, -0.15) is 10.4 Å². The second kappa shape index (κ2) is 9.12. The first-order chi connectivity index (χ1) is 14.9. The predicted molar refractivity (Wildman–Crippen MR) is 115 cm³/mol. The number of aliphatic hydroxyl groups excluding tert-OH is 2. The highest BCUT2D eigenvalue weighted by molar-refractivity contribution is 6.37. The number of halogens is 3. The van der Waals surface area contributed by atoms with Crippen molar-refractivity contribution >= 4 is 46.2 Å².